The number of hydrogen-bond donors (Lipinski definition) is 2. The molecule has 0 aromatic carbocycles. The van der Waals surface area contributed by atoms with Crippen LogP contribution in [0.3, 0.4) is 0 Å². The van der Waals surface area contributed by atoms with Gasteiger partial charge in [0.15, 0.2) is 0 Å². The summed E-state index contributed by atoms with van der Waals surface area (Å²) in [6.07, 6.45) is -0.176. The first kappa shape index (κ1) is 18.1. The van der Waals surface area contributed by atoms with Crippen LogP contribution in [0.2, 0.25) is 0 Å². The third kappa shape index (κ3) is 8.83. The molecular formula is C14H26F2N2O3. The Morgan fingerprint density at radius 1 is 1.29 bits per heavy atom. The number of hydrogen-bond acceptors (Lipinski definition) is 4. The Labute approximate surface area is 124 Å². The molecule has 1 fully saturated rings. The minimum Gasteiger partial charge on any atom is -0.444 e. The molecule has 2 atom stereocenters. The van der Waals surface area contributed by atoms with Crippen molar-refractivity contribution in [3.05, 3.63) is 0 Å². The fourth-order valence-electron chi connectivity index (χ4n) is 2.28. The van der Waals surface area contributed by atoms with E-state index in [1.54, 1.807) is 0 Å². The molecule has 21 heavy (non-hydrogen) atoms. The molecule has 0 spiro atoms. The van der Waals surface area contributed by atoms with E-state index in [2.05, 4.69) is 10.6 Å². The van der Waals surface area contributed by atoms with E-state index in [0.717, 1.165) is 19.3 Å². The molecule has 0 saturated heterocycles. The smallest absolute Gasteiger partial charge is 0.407 e. The summed E-state index contributed by atoms with van der Waals surface area (Å²) in [5, 5.41) is 6.10. The summed E-state index contributed by atoms with van der Waals surface area (Å²) >= 11 is 0. The normalized spacial score (nSPS) is 22.6. The minimum atomic E-state index is -2.42. The molecule has 1 aliphatic carbocycles. The van der Waals surface area contributed by atoms with Crippen LogP contribution in [-0.2, 0) is 9.47 Å². The van der Waals surface area contributed by atoms with Crippen molar-refractivity contribution < 1.29 is 23.0 Å². The Bertz CT molecular complexity index is 322. The Hall–Kier alpha value is -0.950. The zero-order valence-corrected chi connectivity index (χ0v) is 13.0. The predicted molar refractivity (Wildman–Crippen MR) is 75.6 cm³/mol. The van der Waals surface area contributed by atoms with E-state index in [-0.39, 0.29) is 18.7 Å². The maximum atomic E-state index is 11.9. The SMILES string of the molecule is CC(C)(C)OC(=O)NC1CCC(NCCOCC(F)F)C1. The van der Waals surface area contributed by atoms with E-state index >= 15 is 0 Å². The summed E-state index contributed by atoms with van der Waals surface area (Å²) in [5.41, 5.74) is -0.498. The van der Waals surface area contributed by atoms with Gasteiger partial charge in [0.05, 0.1) is 6.61 Å². The third-order valence-electron chi connectivity index (χ3n) is 3.08. The van der Waals surface area contributed by atoms with E-state index in [4.69, 9.17) is 9.47 Å². The van der Waals surface area contributed by atoms with Crippen LogP contribution in [0.25, 0.3) is 0 Å². The van der Waals surface area contributed by atoms with Crippen LogP contribution in [0, 0.1) is 0 Å². The van der Waals surface area contributed by atoms with Crippen LogP contribution in [0.15, 0.2) is 0 Å². The van der Waals surface area contributed by atoms with Gasteiger partial charge in [-0.1, -0.05) is 0 Å². The van der Waals surface area contributed by atoms with Crippen LogP contribution in [0.5, 0.6) is 0 Å². The molecule has 0 radical (unpaired) electrons. The van der Waals surface area contributed by atoms with E-state index in [0.29, 0.717) is 6.54 Å². The molecule has 1 aliphatic rings. The van der Waals surface area contributed by atoms with Crippen LogP contribution in [0.1, 0.15) is 40.0 Å². The van der Waals surface area contributed by atoms with Crippen LogP contribution >= 0.6 is 0 Å². The minimum absolute atomic E-state index is 0.0966. The first-order valence-corrected chi connectivity index (χ1v) is 7.35. The predicted octanol–water partition coefficient (Wildman–Crippen LogP) is 2.30. The molecule has 0 heterocycles. The van der Waals surface area contributed by atoms with Crippen molar-refractivity contribution in [1.29, 1.82) is 0 Å². The zero-order chi connectivity index (χ0) is 15.9. The topological polar surface area (TPSA) is 59.6 Å². The van der Waals surface area contributed by atoms with Crippen molar-refractivity contribution in [2.45, 2.75) is 64.1 Å². The molecule has 2 N–H and O–H groups in total. The Balaban J connectivity index is 2.11. The molecule has 0 aliphatic heterocycles. The van der Waals surface area contributed by atoms with Gasteiger partial charge < -0.3 is 20.1 Å². The maximum absolute atomic E-state index is 11.9. The highest BCUT2D eigenvalue weighted by Crippen LogP contribution is 2.19. The molecule has 0 bridgehead atoms. The molecule has 2 unspecified atom stereocenters. The van der Waals surface area contributed by atoms with Crippen molar-refractivity contribution >= 4 is 6.09 Å². The Morgan fingerprint density at radius 2 is 1.95 bits per heavy atom. The molecule has 7 heteroatoms. The molecule has 1 amide bonds. The molecule has 0 aromatic rings. The van der Waals surface area contributed by atoms with Gasteiger partial charge in [-0.2, -0.15) is 0 Å². The number of alkyl halides is 2. The lowest BCUT2D eigenvalue weighted by Crippen LogP contribution is -2.39. The first-order chi connectivity index (χ1) is 9.76. The van der Waals surface area contributed by atoms with E-state index in [9.17, 15) is 13.6 Å². The van der Waals surface area contributed by atoms with Crippen molar-refractivity contribution in [2.24, 2.45) is 0 Å². The molecule has 1 saturated carbocycles. The average Bonchev–Trinajstić information content (AvgIpc) is 2.73. The number of halogens is 2. The lowest BCUT2D eigenvalue weighted by atomic mass is 10.2. The fourth-order valence-corrected chi connectivity index (χ4v) is 2.28. The van der Waals surface area contributed by atoms with Gasteiger partial charge in [-0.05, 0) is 40.0 Å². The second-order valence-corrected chi connectivity index (χ2v) is 6.27. The van der Waals surface area contributed by atoms with Gasteiger partial charge in [-0.15, -0.1) is 0 Å². The van der Waals surface area contributed by atoms with Crippen molar-refractivity contribution in [2.75, 3.05) is 19.8 Å². The zero-order valence-electron chi connectivity index (χ0n) is 13.0. The van der Waals surface area contributed by atoms with Crippen LogP contribution in [0.4, 0.5) is 13.6 Å². The van der Waals surface area contributed by atoms with Gasteiger partial charge in [0.25, 0.3) is 6.43 Å². The highest BCUT2D eigenvalue weighted by molar-refractivity contribution is 5.68. The summed E-state index contributed by atoms with van der Waals surface area (Å²) in [4.78, 5) is 11.6. The van der Waals surface area contributed by atoms with Crippen molar-refractivity contribution in [3.63, 3.8) is 0 Å². The summed E-state index contributed by atoms with van der Waals surface area (Å²) < 4.78 is 33.7. The molecule has 0 aromatic heterocycles. The lowest BCUT2D eigenvalue weighted by molar-refractivity contribution is 0.0182. The third-order valence-corrected chi connectivity index (χ3v) is 3.08. The fraction of sp³-hybridized carbons (Fsp3) is 0.929. The Kier molecular flexibility index (Phi) is 7.31. The summed E-state index contributed by atoms with van der Waals surface area (Å²) in [5.74, 6) is 0. The summed E-state index contributed by atoms with van der Waals surface area (Å²) in [6.45, 7) is 5.76. The number of rotatable bonds is 7. The van der Waals surface area contributed by atoms with Crippen LogP contribution < -0.4 is 10.6 Å². The summed E-state index contributed by atoms with van der Waals surface area (Å²) in [6, 6.07) is 0.374. The standard InChI is InChI=1S/C14H26F2N2O3/c1-14(2,3)21-13(19)18-11-5-4-10(8-11)17-6-7-20-9-12(15)16/h10-12,17H,4-9H2,1-3H3,(H,18,19). The highest BCUT2D eigenvalue weighted by atomic mass is 19.3. The monoisotopic (exact) mass is 308 g/mol. The van der Waals surface area contributed by atoms with Crippen LogP contribution in [-0.4, -0.2) is 50.0 Å². The molecule has 5 nitrogen and oxygen atoms in total. The van der Waals surface area contributed by atoms with Gasteiger partial charge in [-0.3, -0.25) is 0 Å². The second kappa shape index (κ2) is 8.48. The Morgan fingerprint density at radius 3 is 2.57 bits per heavy atom. The highest BCUT2D eigenvalue weighted by Gasteiger charge is 2.27. The number of amides is 1. The average molecular weight is 308 g/mol. The number of carbonyl (C=O) groups is 1. The van der Waals surface area contributed by atoms with Gasteiger partial charge in [0.1, 0.15) is 12.2 Å². The first-order valence-electron chi connectivity index (χ1n) is 7.35. The second-order valence-electron chi connectivity index (χ2n) is 6.27. The van der Waals surface area contributed by atoms with Gasteiger partial charge in [0, 0.05) is 18.6 Å². The number of alkyl carbamates (subject to hydrolysis) is 1. The lowest BCUT2D eigenvalue weighted by Gasteiger charge is -2.21. The van der Waals surface area contributed by atoms with Crippen molar-refractivity contribution in [3.8, 4) is 0 Å². The molecule has 1 rings (SSSR count). The maximum Gasteiger partial charge on any atom is 0.407 e. The summed E-state index contributed by atoms with van der Waals surface area (Å²) in [7, 11) is 0. The van der Waals surface area contributed by atoms with E-state index in [1.807, 2.05) is 20.8 Å². The number of ether oxygens (including phenoxy) is 2. The van der Waals surface area contributed by atoms with Gasteiger partial charge in [0.2, 0.25) is 0 Å². The van der Waals surface area contributed by atoms with Gasteiger partial charge >= 0.3 is 6.09 Å². The van der Waals surface area contributed by atoms with E-state index < -0.39 is 24.7 Å². The molecule has 124 valence electrons. The number of carbonyl (C=O) groups excluding carboxylic acids is 1. The quantitative estimate of drug-likeness (QED) is 0.709. The number of nitrogens with one attached hydrogen (secondary N) is 2. The van der Waals surface area contributed by atoms with Crippen molar-refractivity contribution in [1.82, 2.24) is 10.6 Å². The van der Waals surface area contributed by atoms with Gasteiger partial charge in [-0.25, -0.2) is 13.6 Å². The van der Waals surface area contributed by atoms with E-state index in [1.165, 1.54) is 0 Å². The largest absolute Gasteiger partial charge is 0.444 e. The molecular weight excluding hydrogens is 282 g/mol.